The van der Waals surface area contributed by atoms with Crippen molar-refractivity contribution < 1.29 is 8.42 Å². The minimum absolute atomic E-state index is 0.0668. The Bertz CT molecular complexity index is 474. The van der Waals surface area contributed by atoms with Crippen LogP contribution in [0.25, 0.3) is 0 Å². The largest absolute Gasteiger partial charge is 0.317 e. The molecule has 0 aromatic carbocycles. The lowest BCUT2D eigenvalue weighted by atomic mass is 10.1. The Kier molecular flexibility index (Phi) is 4.77. The van der Waals surface area contributed by atoms with Crippen LogP contribution in [0.3, 0.4) is 0 Å². The Balaban J connectivity index is 2.06. The summed E-state index contributed by atoms with van der Waals surface area (Å²) in [5, 5.41) is 3.28. The molecule has 0 bridgehead atoms. The molecule has 1 fully saturated rings. The molecule has 2 rings (SSSR count). The molecule has 2 heterocycles. The topological polar surface area (TPSA) is 58.2 Å². The Morgan fingerprint density at radius 3 is 2.94 bits per heavy atom. The predicted octanol–water partition coefficient (Wildman–Crippen LogP) is 1.73. The average Bonchev–Trinajstić information content (AvgIpc) is 2.70. The summed E-state index contributed by atoms with van der Waals surface area (Å²) in [6.07, 6.45) is 3.69. The minimum Gasteiger partial charge on any atom is -0.317 e. The molecule has 1 aromatic rings. The maximum Gasteiger partial charge on any atom is 0.250 e. The van der Waals surface area contributed by atoms with E-state index in [1.165, 1.54) is 11.3 Å². The van der Waals surface area contributed by atoms with Gasteiger partial charge in [0, 0.05) is 10.9 Å². The van der Waals surface area contributed by atoms with Gasteiger partial charge < -0.3 is 5.32 Å². The van der Waals surface area contributed by atoms with Gasteiger partial charge in [-0.3, -0.25) is 0 Å². The van der Waals surface area contributed by atoms with Crippen molar-refractivity contribution in [1.82, 2.24) is 10.0 Å². The fraction of sp³-hybridized carbons (Fsp3) is 0.667. The second kappa shape index (κ2) is 6.14. The Morgan fingerprint density at radius 2 is 2.22 bits per heavy atom. The molecular formula is C12H20N2O2S2. The molecule has 1 aliphatic rings. The highest BCUT2D eigenvalue weighted by Gasteiger charge is 2.22. The van der Waals surface area contributed by atoms with Crippen molar-refractivity contribution in [3.8, 4) is 0 Å². The highest BCUT2D eigenvalue weighted by atomic mass is 32.2. The van der Waals surface area contributed by atoms with E-state index in [0.29, 0.717) is 4.21 Å². The second-order valence-electron chi connectivity index (χ2n) is 4.57. The van der Waals surface area contributed by atoms with Gasteiger partial charge in [0.05, 0.1) is 0 Å². The van der Waals surface area contributed by atoms with Gasteiger partial charge in [-0.05, 0) is 50.9 Å². The first-order valence-corrected chi connectivity index (χ1v) is 8.73. The molecule has 0 radical (unpaired) electrons. The molecule has 0 amide bonds. The first-order valence-electron chi connectivity index (χ1n) is 6.43. The van der Waals surface area contributed by atoms with Gasteiger partial charge in [-0.2, -0.15) is 0 Å². The van der Waals surface area contributed by atoms with Crippen molar-refractivity contribution in [3.05, 3.63) is 17.0 Å². The van der Waals surface area contributed by atoms with Gasteiger partial charge in [0.15, 0.2) is 0 Å². The lowest BCUT2D eigenvalue weighted by Crippen LogP contribution is -2.35. The van der Waals surface area contributed by atoms with Gasteiger partial charge in [-0.25, -0.2) is 13.1 Å². The lowest BCUT2D eigenvalue weighted by Gasteiger charge is -2.15. The molecule has 6 heteroatoms. The van der Waals surface area contributed by atoms with Crippen LogP contribution in [0.15, 0.2) is 16.3 Å². The first-order chi connectivity index (χ1) is 8.62. The summed E-state index contributed by atoms with van der Waals surface area (Å²) < 4.78 is 27.7. The molecule has 1 atom stereocenters. The standard InChI is InChI=1S/C12H20N2O2S2/c1-2-11-5-6-12(17-11)18(15,16)14-10-4-3-8-13-9-7-10/h5-6,10,13-14H,2-4,7-9H2,1H3. The number of nitrogens with one attached hydrogen (secondary N) is 2. The van der Waals surface area contributed by atoms with Crippen molar-refractivity contribution >= 4 is 21.4 Å². The summed E-state index contributed by atoms with van der Waals surface area (Å²) in [6, 6.07) is 3.67. The zero-order valence-corrected chi connectivity index (χ0v) is 12.2. The van der Waals surface area contributed by atoms with Crippen LogP contribution in [-0.2, 0) is 16.4 Å². The maximum atomic E-state index is 12.2. The van der Waals surface area contributed by atoms with Crippen LogP contribution in [0.1, 0.15) is 31.1 Å². The predicted molar refractivity (Wildman–Crippen MR) is 74.5 cm³/mol. The van der Waals surface area contributed by atoms with E-state index in [1.807, 2.05) is 13.0 Å². The normalized spacial score (nSPS) is 21.7. The van der Waals surface area contributed by atoms with Crippen LogP contribution in [0, 0.1) is 0 Å². The molecule has 102 valence electrons. The number of hydrogen-bond acceptors (Lipinski definition) is 4. The van der Waals surface area contributed by atoms with Gasteiger partial charge in [0.1, 0.15) is 4.21 Å². The van der Waals surface area contributed by atoms with E-state index in [2.05, 4.69) is 10.0 Å². The zero-order valence-electron chi connectivity index (χ0n) is 10.6. The smallest absolute Gasteiger partial charge is 0.250 e. The van der Waals surface area contributed by atoms with E-state index in [9.17, 15) is 8.42 Å². The molecule has 0 aliphatic carbocycles. The number of aryl methyl sites for hydroxylation is 1. The first kappa shape index (κ1) is 14.0. The van der Waals surface area contributed by atoms with Gasteiger partial charge >= 0.3 is 0 Å². The third-order valence-corrected chi connectivity index (χ3v) is 6.39. The molecule has 1 saturated heterocycles. The SMILES string of the molecule is CCc1ccc(S(=O)(=O)NC2CCCNCC2)s1. The molecule has 4 nitrogen and oxygen atoms in total. The zero-order chi connectivity index (χ0) is 13.0. The van der Waals surface area contributed by atoms with Crippen molar-refractivity contribution in [3.63, 3.8) is 0 Å². The van der Waals surface area contributed by atoms with Crippen LogP contribution in [0.2, 0.25) is 0 Å². The third kappa shape index (κ3) is 3.54. The summed E-state index contributed by atoms with van der Waals surface area (Å²) in [4.78, 5) is 1.11. The van der Waals surface area contributed by atoms with Crippen LogP contribution in [-0.4, -0.2) is 27.5 Å². The number of rotatable bonds is 4. The van der Waals surface area contributed by atoms with Crippen molar-refractivity contribution in [2.24, 2.45) is 0 Å². The third-order valence-electron chi connectivity index (χ3n) is 3.15. The summed E-state index contributed by atoms with van der Waals surface area (Å²) >= 11 is 1.37. The fourth-order valence-electron chi connectivity index (χ4n) is 2.11. The monoisotopic (exact) mass is 288 g/mol. The quantitative estimate of drug-likeness (QED) is 0.887. The Morgan fingerprint density at radius 1 is 1.39 bits per heavy atom. The Hall–Kier alpha value is -0.430. The van der Waals surface area contributed by atoms with Crippen molar-refractivity contribution in [2.75, 3.05) is 13.1 Å². The Labute approximate surface area is 113 Å². The summed E-state index contributed by atoms with van der Waals surface area (Å²) in [5.74, 6) is 0. The molecule has 0 saturated carbocycles. The fourth-order valence-corrected chi connectivity index (χ4v) is 4.72. The number of thiophene rings is 1. The van der Waals surface area contributed by atoms with Gasteiger partial charge in [-0.15, -0.1) is 11.3 Å². The highest BCUT2D eigenvalue weighted by molar-refractivity contribution is 7.91. The number of hydrogen-bond donors (Lipinski definition) is 2. The molecular weight excluding hydrogens is 268 g/mol. The summed E-state index contributed by atoms with van der Waals surface area (Å²) in [7, 11) is -3.32. The van der Waals surface area contributed by atoms with Gasteiger partial charge in [-0.1, -0.05) is 6.92 Å². The average molecular weight is 288 g/mol. The van der Waals surface area contributed by atoms with E-state index in [4.69, 9.17) is 0 Å². The van der Waals surface area contributed by atoms with Gasteiger partial charge in [0.25, 0.3) is 0 Å². The summed E-state index contributed by atoms with van der Waals surface area (Å²) in [5.41, 5.74) is 0. The van der Waals surface area contributed by atoms with E-state index >= 15 is 0 Å². The van der Waals surface area contributed by atoms with E-state index < -0.39 is 10.0 Å². The molecule has 0 spiro atoms. The van der Waals surface area contributed by atoms with Crippen molar-refractivity contribution in [1.29, 1.82) is 0 Å². The molecule has 1 unspecified atom stereocenters. The molecule has 1 aromatic heterocycles. The van der Waals surface area contributed by atoms with E-state index in [0.717, 1.165) is 43.6 Å². The van der Waals surface area contributed by atoms with Crippen LogP contribution >= 0.6 is 11.3 Å². The van der Waals surface area contributed by atoms with E-state index in [1.54, 1.807) is 6.07 Å². The minimum atomic E-state index is -3.32. The van der Waals surface area contributed by atoms with E-state index in [-0.39, 0.29) is 6.04 Å². The van der Waals surface area contributed by atoms with Gasteiger partial charge in [0.2, 0.25) is 10.0 Å². The number of sulfonamides is 1. The van der Waals surface area contributed by atoms with Crippen molar-refractivity contribution in [2.45, 2.75) is 42.9 Å². The summed E-state index contributed by atoms with van der Waals surface area (Å²) in [6.45, 7) is 3.90. The molecule has 18 heavy (non-hydrogen) atoms. The lowest BCUT2D eigenvalue weighted by molar-refractivity contribution is 0.519. The second-order valence-corrected chi connectivity index (χ2v) is 7.68. The van der Waals surface area contributed by atoms with Crippen LogP contribution in [0.4, 0.5) is 0 Å². The van der Waals surface area contributed by atoms with Crippen LogP contribution < -0.4 is 10.0 Å². The highest BCUT2D eigenvalue weighted by Crippen LogP contribution is 2.22. The molecule has 1 aliphatic heterocycles. The maximum absolute atomic E-state index is 12.2. The molecule has 2 N–H and O–H groups in total. The van der Waals surface area contributed by atoms with Crippen LogP contribution in [0.5, 0.6) is 0 Å².